The van der Waals surface area contributed by atoms with Gasteiger partial charge in [-0.05, 0) is 28.4 Å². The number of aromatic hydroxyl groups is 1. The van der Waals surface area contributed by atoms with E-state index in [1.165, 1.54) is 0 Å². The van der Waals surface area contributed by atoms with E-state index in [2.05, 4.69) is 20.9 Å². The molecule has 1 heterocycles. The maximum Gasteiger partial charge on any atom is 0.151 e. The van der Waals surface area contributed by atoms with Gasteiger partial charge in [-0.25, -0.2) is 0 Å². The second-order valence-corrected chi connectivity index (χ2v) is 2.80. The molecule has 54 valence electrons. The monoisotopic (exact) mass is 201 g/mol. The summed E-state index contributed by atoms with van der Waals surface area (Å²) in [6.07, 6.45) is 2.42. The third-order valence-corrected chi connectivity index (χ3v) is 1.93. The summed E-state index contributed by atoms with van der Waals surface area (Å²) in [4.78, 5) is 3.98. The highest BCUT2D eigenvalue weighted by Crippen LogP contribution is 2.25. The van der Waals surface area contributed by atoms with E-state index in [0.29, 0.717) is 4.47 Å². The zero-order valence-electron chi connectivity index (χ0n) is 5.63. The molecule has 1 rings (SSSR count). The van der Waals surface area contributed by atoms with Crippen LogP contribution in [0.5, 0.6) is 5.75 Å². The van der Waals surface area contributed by atoms with Crippen LogP contribution in [0.2, 0.25) is 0 Å². The first kappa shape index (κ1) is 7.54. The van der Waals surface area contributed by atoms with Crippen molar-refractivity contribution in [3.8, 4) is 5.75 Å². The fourth-order valence-electron chi connectivity index (χ4n) is 0.729. The third kappa shape index (κ3) is 1.29. The molecule has 0 radical (unpaired) electrons. The molecule has 0 aliphatic carbocycles. The molecular formula is C7H8BrNO. The molecule has 3 heteroatoms. The Labute approximate surface area is 68.0 Å². The maximum atomic E-state index is 9.29. The van der Waals surface area contributed by atoms with Crippen LogP contribution in [0.3, 0.4) is 0 Å². The molecular weight excluding hydrogens is 194 g/mol. The van der Waals surface area contributed by atoms with Gasteiger partial charge in [0.05, 0.1) is 10.2 Å². The molecule has 0 aliphatic heterocycles. The smallest absolute Gasteiger partial charge is 0.151 e. The minimum absolute atomic E-state index is 0.255. The normalized spacial score (nSPS) is 9.80. The molecule has 10 heavy (non-hydrogen) atoms. The van der Waals surface area contributed by atoms with Gasteiger partial charge in [-0.3, -0.25) is 4.98 Å². The van der Waals surface area contributed by atoms with Gasteiger partial charge in [-0.1, -0.05) is 6.92 Å². The van der Waals surface area contributed by atoms with Gasteiger partial charge in [0.15, 0.2) is 5.75 Å². The van der Waals surface area contributed by atoms with Gasteiger partial charge in [0.25, 0.3) is 0 Å². The minimum atomic E-state index is 0.255. The van der Waals surface area contributed by atoms with Crippen molar-refractivity contribution in [2.75, 3.05) is 0 Å². The molecule has 0 aliphatic rings. The molecule has 1 aromatic rings. The van der Waals surface area contributed by atoms with E-state index in [1.54, 1.807) is 12.3 Å². The zero-order valence-corrected chi connectivity index (χ0v) is 7.22. The van der Waals surface area contributed by atoms with E-state index in [0.717, 1.165) is 12.1 Å². The van der Waals surface area contributed by atoms with Crippen LogP contribution in [0, 0.1) is 0 Å². The molecule has 0 atom stereocenters. The van der Waals surface area contributed by atoms with E-state index in [4.69, 9.17) is 0 Å². The average Bonchev–Trinajstić information content (AvgIpc) is 1.95. The summed E-state index contributed by atoms with van der Waals surface area (Å²) in [6, 6.07) is 1.72. The molecule has 1 aromatic heterocycles. The lowest BCUT2D eigenvalue weighted by atomic mass is 10.3. The first-order valence-electron chi connectivity index (χ1n) is 3.08. The second-order valence-electron chi connectivity index (χ2n) is 1.94. The second kappa shape index (κ2) is 3.01. The first-order chi connectivity index (χ1) is 4.75. The summed E-state index contributed by atoms with van der Waals surface area (Å²) >= 11 is 3.20. The molecule has 0 unspecified atom stereocenters. The highest BCUT2D eigenvalue weighted by molar-refractivity contribution is 9.10. The van der Waals surface area contributed by atoms with E-state index in [9.17, 15) is 5.11 Å². The van der Waals surface area contributed by atoms with Crippen molar-refractivity contribution in [2.45, 2.75) is 13.3 Å². The van der Waals surface area contributed by atoms with Crippen LogP contribution < -0.4 is 0 Å². The topological polar surface area (TPSA) is 33.1 Å². The van der Waals surface area contributed by atoms with Crippen LogP contribution in [-0.4, -0.2) is 10.1 Å². The van der Waals surface area contributed by atoms with Crippen molar-refractivity contribution in [1.29, 1.82) is 0 Å². The molecule has 0 aromatic carbocycles. The van der Waals surface area contributed by atoms with E-state index in [1.807, 2.05) is 6.92 Å². The Balaban J connectivity index is 3.14. The Hall–Kier alpha value is -0.570. The predicted molar refractivity (Wildman–Crippen MR) is 43.0 cm³/mol. The summed E-state index contributed by atoms with van der Waals surface area (Å²) in [5.74, 6) is 0.255. The van der Waals surface area contributed by atoms with Gasteiger partial charge in [0.2, 0.25) is 0 Å². The van der Waals surface area contributed by atoms with Crippen LogP contribution in [0.15, 0.2) is 16.7 Å². The van der Waals surface area contributed by atoms with E-state index < -0.39 is 0 Å². The molecule has 1 N–H and O–H groups in total. The van der Waals surface area contributed by atoms with Crippen molar-refractivity contribution in [3.05, 3.63) is 22.4 Å². The average molecular weight is 202 g/mol. The van der Waals surface area contributed by atoms with Crippen molar-refractivity contribution < 1.29 is 5.11 Å². The van der Waals surface area contributed by atoms with E-state index in [-0.39, 0.29) is 5.75 Å². The molecule has 0 amide bonds. The lowest BCUT2D eigenvalue weighted by molar-refractivity contribution is 0.461. The molecule has 0 saturated heterocycles. The van der Waals surface area contributed by atoms with Crippen LogP contribution in [0.25, 0.3) is 0 Å². The summed E-state index contributed by atoms with van der Waals surface area (Å²) in [7, 11) is 0. The predicted octanol–water partition coefficient (Wildman–Crippen LogP) is 2.11. The van der Waals surface area contributed by atoms with E-state index >= 15 is 0 Å². The summed E-state index contributed by atoms with van der Waals surface area (Å²) in [6.45, 7) is 1.95. The lowest BCUT2D eigenvalue weighted by Gasteiger charge is -2.00. The number of hydrogen-bond acceptors (Lipinski definition) is 2. The molecule has 2 nitrogen and oxygen atoms in total. The number of rotatable bonds is 1. The number of aryl methyl sites for hydroxylation is 1. The quantitative estimate of drug-likeness (QED) is 0.756. The molecule has 0 fully saturated rings. The van der Waals surface area contributed by atoms with Gasteiger partial charge in [0, 0.05) is 6.20 Å². The Kier molecular flexibility index (Phi) is 2.27. The highest BCUT2D eigenvalue weighted by Gasteiger charge is 2.02. The maximum absolute atomic E-state index is 9.29. The number of halogens is 1. The van der Waals surface area contributed by atoms with Gasteiger partial charge in [-0.15, -0.1) is 0 Å². The molecule has 0 bridgehead atoms. The Morgan fingerprint density at radius 2 is 2.40 bits per heavy atom. The fraction of sp³-hybridized carbons (Fsp3) is 0.286. The van der Waals surface area contributed by atoms with Crippen molar-refractivity contribution in [1.82, 2.24) is 4.98 Å². The summed E-state index contributed by atoms with van der Waals surface area (Å²) in [5, 5.41) is 9.29. The van der Waals surface area contributed by atoms with Crippen LogP contribution >= 0.6 is 15.9 Å². The first-order valence-corrected chi connectivity index (χ1v) is 3.87. The summed E-state index contributed by atoms with van der Waals surface area (Å²) < 4.78 is 0.708. The number of pyridine rings is 1. The van der Waals surface area contributed by atoms with Crippen LogP contribution in [0.1, 0.15) is 12.6 Å². The molecule has 0 saturated carbocycles. The zero-order chi connectivity index (χ0) is 7.56. The SMILES string of the molecule is CCc1nccc(Br)c1O. The third-order valence-electron chi connectivity index (χ3n) is 1.29. The van der Waals surface area contributed by atoms with Gasteiger partial charge in [0.1, 0.15) is 0 Å². The number of nitrogens with zero attached hydrogens (tertiary/aromatic N) is 1. The fourth-order valence-corrected chi connectivity index (χ4v) is 1.08. The Morgan fingerprint density at radius 1 is 1.70 bits per heavy atom. The lowest BCUT2D eigenvalue weighted by Crippen LogP contribution is -1.86. The highest BCUT2D eigenvalue weighted by atomic mass is 79.9. The number of hydrogen-bond donors (Lipinski definition) is 1. The largest absolute Gasteiger partial charge is 0.505 e. The molecule has 0 spiro atoms. The number of aromatic nitrogens is 1. The van der Waals surface area contributed by atoms with Gasteiger partial charge >= 0.3 is 0 Å². The Bertz CT molecular complexity index is 237. The summed E-state index contributed by atoms with van der Waals surface area (Å²) in [5.41, 5.74) is 0.731. The minimum Gasteiger partial charge on any atom is -0.505 e. The van der Waals surface area contributed by atoms with Gasteiger partial charge in [-0.2, -0.15) is 0 Å². The van der Waals surface area contributed by atoms with Crippen LogP contribution in [-0.2, 0) is 6.42 Å². The van der Waals surface area contributed by atoms with Gasteiger partial charge < -0.3 is 5.11 Å². The standard InChI is InChI=1S/C7H8BrNO/c1-2-6-7(10)5(8)3-4-9-6/h3-4,10H,2H2,1H3. The van der Waals surface area contributed by atoms with Crippen molar-refractivity contribution >= 4 is 15.9 Å². The van der Waals surface area contributed by atoms with Crippen molar-refractivity contribution in [3.63, 3.8) is 0 Å². The Morgan fingerprint density at radius 3 is 2.90 bits per heavy atom. The van der Waals surface area contributed by atoms with Crippen LogP contribution in [0.4, 0.5) is 0 Å². The van der Waals surface area contributed by atoms with Crippen molar-refractivity contribution in [2.24, 2.45) is 0 Å².